The van der Waals surface area contributed by atoms with Crippen LogP contribution >= 0.6 is 11.3 Å². The van der Waals surface area contributed by atoms with Crippen LogP contribution in [0.25, 0.3) is 21.2 Å². The Morgan fingerprint density at radius 1 is 1.11 bits per heavy atom. The molecule has 1 heterocycles. The molecule has 0 fully saturated rings. The minimum atomic E-state index is -0.527. The number of thiophene rings is 1. The van der Waals surface area contributed by atoms with Crippen molar-refractivity contribution < 1.29 is 8.78 Å². The van der Waals surface area contributed by atoms with Gasteiger partial charge in [0.1, 0.15) is 6.67 Å². The Hall–Kier alpha value is -1.74. The summed E-state index contributed by atoms with van der Waals surface area (Å²) in [6.07, 6.45) is 0. The number of fused-ring (bicyclic) bond motifs is 1. The summed E-state index contributed by atoms with van der Waals surface area (Å²) in [6.45, 7) is 1.43. The molecule has 0 aliphatic carbocycles. The van der Waals surface area contributed by atoms with E-state index < -0.39 is 6.67 Å². The van der Waals surface area contributed by atoms with E-state index in [1.165, 1.54) is 0 Å². The van der Waals surface area contributed by atoms with Gasteiger partial charge in [0.2, 0.25) is 0 Å². The van der Waals surface area contributed by atoms with Crippen molar-refractivity contribution in [3.63, 3.8) is 0 Å². The number of rotatable bonds is 2. The molecule has 0 nitrogen and oxygen atoms in total. The third kappa shape index (κ3) is 2.04. The monoisotopic (exact) mass is 274 g/mol. The molecule has 0 bridgehead atoms. The van der Waals surface area contributed by atoms with Gasteiger partial charge >= 0.3 is 0 Å². The van der Waals surface area contributed by atoms with Crippen LogP contribution in [0.3, 0.4) is 0 Å². The summed E-state index contributed by atoms with van der Waals surface area (Å²) in [4.78, 5) is 0. The Morgan fingerprint density at radius 2 is 1.89 bits per heavy atom. The second-order valence-corrected chi connectivity index (χ2v) is 5.53. The lowest BCUT2D eigenvalue weighted by Crippen LogP contribution is -1.84. The van der Waals surface area contributed by atoms with E-state index in [0.29, 0.717) is 11.1 Å². The predicted molar refractivity (Wildman–Crippen MR) is 76.8 cm³/mol. The number of halogens is 2. The molecule has 0 saturated carbocycles. The standard InChI is InChI=1S/C16H12F2S/c1-10-4-2-3-5-12(10)15-13-8-11(9-17)6-7-14(13)19-16(15)18/h2-8H,9H2,1H3. The molecule has 0 unspecified atom stereocenters. The molecule has 0 amide bonds. The topological polar surface area (TPSA) is 0 Å². The molecule has 0 N–H and O–H groups in total. The highest BCUT2D eigenvalue weighted by Gasteiger charge is 2.15. The van der Waals surface area contributed by atoms with Crippen LogP contribution in [0.1, 0.15) is 11.1 Å². The van der Waals surface area contributed by atoms with Gasteiger partial charge in [0.25, 0.3) is 0 Å². The first kappa shape index (κ1) is 12.3. The van der Waals surface area contributed by atoms with Crippen molar-refractivity contribution in [2.75, 3.05) is 0 Å². The summed E-state index contributed by atoms with van der Waals surface area (Å²) in [7, 11) is 0. The molecule has 3 rings (SSSR count). The molecule has 19 heavy (non-hydrogen) atoms. The minimum Gasteiger partial charge on any atom is -0.246 e. The van der Waals surface area contributed by atoms with Crippen LogP contribution in [0.4, 0.5) is 8.78 Å². The zero-order valence-electron chi connectivity index (χ0n) is 10.4. The maximum absolute atomic E-state index is 14.2. The lowest BCUT2D eigenvalue weighted by Gasteiger charge is -2.05. The lowest BCUT2D eigenvalue weighted by molar-refractivity contribution is 0.485. The van der Waals surface area contributed by atoms with Crippen molar-refractivity contribution >= 4 is 21.4 Å². The van der Waals surface area contributed by atoms with Crippen LogP contribution in [0.5, 0.6) is 0 Å². The summed E-state index contributed by atoms with van der Waals surface area (Å²) in [6, 6.07) is 12.9. The third-order valence-electron chi connectivity index (χ3n) is 3.28. The van der Waals surface area contributed by atoms with Crippen LogP contribution in [-0.4, -0.2) is 0 Å². The van der Waals surface area contributed by atoms with E-state index in [2.05, 4.69) is 0 Å². The van der Waals surface area contributed by atoms with Crippen LogP contribution < -0.4 is 0 Å². The molecule has 0 radical (unpaired) electrons. The molecular formula is C16H12F2S. The Morgan fingerprint density at radius 3 is 2.63 bits per heavy atom. The Labute approximate surface area is 114 Å². The van der Waals surface area contributed by atoms with E-state index >= 15 is 0 Å². The molecular weight excluding hydrogens is 262 g/mol. The quantitative estimate of drug-likeness (QED) is 0.580. The van der Waals surface area contributed by atoms with Crippen LogP contribution in [0.15, 0.2) is 42.5 Å². The average molecular weight is 274 g/mol. The highest BCUT2D eigenvalue weighted by molar-refractivity contribution is 7.18. The lowest BCUT2D eigenvalue weighted by atomic mass is 9.99. The van der Waals surface area contributed by atoms with Gasteiger partial charge in [0.05, 0.1) is 0 Å². The van der Waals surface area contributed by atoms with Crippen molar-refractivity contribution in [3.05, 3.63) is 58.7 Å². The zero-order valence-corrected chi connectivity index (χ0v) is 11.2. The van der Waals surface area contributed by atoms with Gasteiger partial charge in [0, 0.05) is 15.6 Å². The number of hydrogen-bond acceptors (Lipinski definition) is 1. The summed E-state index contributed by atoms with van der Waals surface area (Å²) < 4.78 is 27.9. The first-order valence-corrected chi connectivity index (χ1v) is 6.85. The molecule has 96 valence electrons. The SMILES string of the molecule is Cc1ccccc1-c1c(F)sc2ccc(CF)cc12. The summed E-state index contributed by atoms with van der Waals surface area (Å²) >= 11 is 1.11. The van der Waals surface area contributed by atoms with Gasteiger partial charge in [-0.25, -0.2) is 4.39 Å². The van der Waals surface area contributed by atoms with Gasteiger partial charge in [-0.1, -0.05) is 30.3 Å². The molecule has 0 aliphatic heterocycles. The van der Waals surface area contributed by atoms with E-state index in [-0.39, 0.29) is 5.13 Å². The van der Waals surface area contributed by atoms with Gasteiger partial charge in [-0.2, -0.15) is 4.39 Å². The van der Waals surface area contributed by atoms with E-state index in [0.717, 1.165) is 32.5 Å². The van der Waals surface area contributed by atoms with E-state index in [9.17, 15) is 8.78 Å². The van der Waals surface area contributed by atoms with Gasteiger partial charge in [0.15, 0.2) is 5.13 Å². The number of benzene rings is 2. The molecule has 2 aromatic carbocycles. The van der Waals surface area contributed by atoms with Crippen molar-refractivity contribution in [3.8, 4) is 11.1 Å². The maximum atomic E-state index is 14.2. The fraction of sp³-hybridized carbons (Fsp3) is 0.125. The smallest absolute Gasteiger partial charge is 0.185 e. The normalized spacial score (nSPS) is 11.1. The Kier molecular flexibility index (Phi) is 3.07. The minimum absolute atomic E-state index is 0.208. The zero-order chi connectivity index (χ0) is 13.4. The van der Waals surface area contributed by atoms with Gasteiger partial charge in [-0.15, -0.1) is 11.3 Å². The molecule has 0 spiro atoms. The molecule has 3 aromatic rings. The van der Waals surface area contributed by atoms with Crippen LogP contribution in [0.2, 0.25) is 0 Å². The summed E-state index contributed by atoms with van der Waals surface area (Å²) in [5.74, 6) is 0. The average Bonchev–Trinajstić information content (AvgIpc) is 2.74. The van der Waals surface area contributed by atoms with Gasteiger partial charge in [-0.3, -0.25) is 0 Å². The molecule has 3 heteroatoms. The van der Waals surface area contributed by atoms with Crippen molar-refractivity contribution in [1.29, 1.82) is 0 Å². The number of alkyl halides is 1. The van der Waals surface area contributed by atoms with E-state index in [4.69, 9.17) is 0 Å². The second-order valence-electron chi connectivity index (χ2n) is 4.53. The van der Waals surface area contributed by atoms with Crippen molar-refractivity contribution in [2.45, 2.75) is 13.6 Å². The maximum Gasteiger partial charge on any atom is 0.185 e. The highest BCUT2D eigenvalue weighted by atomic mass is 32.1. The summed E-state index contributed by atoms with van der Waals surface area (Å²) in [5, 5.41) is 0.590. The fourth-order valence-corrected chi connectivity index (χ4v) is 3.22. The van der Waals surface area contributed by atoms with Crippen LogP contribution in [-0.2, 0) is 6.67 Å². The van der Waals surface area contributed by atoms with E-state index in [1.807, 2.05) is 31.2 Å². The predicted octanol–water partition coefficient (Wildman–Crippen LogP) is 5.49. The first-order chi connectivity index (χ1) is 9.20. The van der Waals surface area contributed by atoms with Crippen molar-refractivity contribution in [2.24, 2.45) is 0 Å². The molecule has 0 atom stereocenters. The largest absolute Gasteiger partial charge is 0.246 e. The van der Waals surface area contributed by atoms with E-state index in [1.54, 1.807) is 18.2 Å². The Balaban J connectivity index is 2.34. The van der Waals surface area contributed by atoms with Gasteiger partial charge < -0.3 is 0 Å². The number of hydrogen-bond donors (Lipinski definition) is 0. The fourth-order valence-electron chi connectivity index (χ4n) is 2.30. The highest BCUT2D eigenvalue weighted by Crippen LogP contribution is 2.39. The van der Waals surface area contributed by atoms with Gasteiger partial charge in [-0.05, 0) is 35.7 Å². The van der Waals surface area contributed by atoms with Crippen LogP contribution in [0, 0.1) is 12.1 Å². The summed E-state index contributed by atoms with van der Waals surface area (Å²) in [5.41, 5.74) is 3.07. The van der Waals surface area contributed by atoms with Crippen molar-refractivity contribution in [1.82, 2.24) is 0 Å². The number of aryl methyl sites for hydroxylation is 1. The molecule has 1 aromatic heterocycles. The second kappa shape index (κ2) is 4.74. The molecule has 0 saturated heterocycles. The first-order valence-electron chi connectivity index (χ1n) is 6.03. The molecule has 0 aliphatic rings. The third-order valence-corrected chi connectivity index (χ3v) is 4.24. The Bertz CT molecular complexity index is 744.